The predicted molar refractivity (Wildman–Crippen MR) is 66.5 cm³/mol. The highest BCUT2D eigenvalue weighted by Gasteiger charge is 2.35. The van der Waals surface area contributed by atoms with E-state index >= 15 is 0 Å². The molecule has 16 heavy (non-hydrogen) atoms. The molecular formula is C14H24O2. The quantitative estimate of drug-likeness (QED) is 0.245. The molecule has 1 rings (SSSR count). The highest BCUT2D eigenvalue weighted by Crippen LogP contribution is 2.28. The molecule has 2 atom stereocenters. The normalized spacial score (nSPS) is 23.8. The first kappa shape index (κ1) is 13.4. The Morgan fingerprint density at radius 1 is 1.06 bits per heavy atom. The van der Waals surface area contributed by atoms with E-state index in [1.54, 1.807) is 0 Å². The SMILES string of the molecule is CCCCCCCCC[C@H]1O[C@@H]1/C=C/C=O. The molecule has 0 aromatic heterocycles. The molecule has 0 saturated carbocycles. The molecule has 2 heteroatoms. The Morgan fingerprint density at radius 3 is 2.44 bits per heavy atom. The van der Waals surface area contributed by atoms with E-state index < -0.39 is 0 Å². The van der Waals surface area contributed by atoms with Crippen molar-refractivity contribution in [3.05, 3.63) is 12.2 Å². The van der Waals surface area contributed by atoms with Gasteiger partial charge in [0.05, 0.1) is 6.10 Å². The van der Waals surface area contributed by atoms with Crippen LogP contribution in [-0.4, -0.2) is 18.5 Å². The topological polar surface area (TPSA) is 29.6 Å². The first-order valence-electron chi connectivity index (χ1n) is 6.66. The predicted octanol–water partition coefficient (Wildman–Crippen LogP) is 3.65. The maximum absolute atomic E-state index is 10.1. The zero-order chi connectivity index (χ0) is 11.6. The smallest absolute Gasteiger partial charge is 0.142 e. The van der Waals surface area contributed by atoms with Gasteiger partial charge in [-0.2, -0.15) is 0 Å². The molecule has 0 aromatic carbocycles. The molecule has 0 aliphatic carbocycles. The second-order valence-electron chi connectivity index (χ2n) is 4.57. The minimum atomic E-state index is 0.227. The van der Waals surface area contributed by atoms with Crippen LogP contribution in [0.15, 0.2) is 12.2 Å². The Balaban J connectivity index is 1.82. The summed E-state index contributed by atoms with van der Waals surface area (Å²) in [7, 11) is 0. The van der Waals surface area contributed by atoms with E-state index in [-0.39, 0.29) is 6.10 Å². The largest absolute Gasteiger partial charge is 0.365 e. The van der Waals surface area contributed by atoms with E-state index in [0.29, 0.717) is 6.10 Å². The van der Waals surface area contributed by atoms with Gasteiger partial charge in [0.2, 0.25) is 0 Å². The molecule has 0 spiro atoms. The van der Waals surface area contributed by atoms with Crippen LogP contribution in [0.5, 0.6) is 0 Å². The molecule has 92 valence electrons. The summed E-state index contributed by atoms with van der Waals surface area (Å²) in [5.74, 6) is 0. The Hall–Kier alpha value is -0.630. The molecule has 1 heterocycles. The minimum Gasteiger partial charge on any atom is -0.365 e. The molecule has 0 N–H and O–H groups in total. The van der Waals surface area contributed by atoms with Gasteiger partial charge in [-0.15, -0.1) is 0 Å². The van der Waals surface area contributed by atoms with Gasteiger partial charge in [0.15, 0.2) is 0 Å². The standard InChI is InChI=1S/C14H24O2/c1-2-3-4-5-6-7-8-10-13-14(16-13)11-9-12-15/h9,11-14H,2-8,10H2,1H3/b11-9+/t13-,14-/m1/s1. The fourth-order valence-electron chi connectivity index (χ4n) is 2.02. The third kappa shape index (κ3) is 6.06. The number of rotatable bonds is 10. The second kappa shape index (κ2) is 8.51. The maximum atomic E-state index is 10.1. The van der Waals surface area contributed by atoms with Crippen molar-refractivity contribution >= 4 is 6.29 Å². The molecule has 1 aliphatic rings. The Morgan fingerprint density at radius 2 is 1.75 bits per heavy atom. The highest BCUT2D eigenvalue weighted by atomic mass is 16.6. The molecule has 0 radical (unpaired) electrons. The molecule has 0 unspecified atom stereocenters. The summed E-state index contributed by atoms with van der Waals surface area (Å²) in [6, 6.07) is 0. The Labute approximate surface area is 99.1 Å². The molecule has 0 aromatic rings. The minimum absolute atomic E-state index is 0.227. The molecular weight excluding hydrogens is 200 g/mol. The lowest BCUT2D eigenvalue weighted by Gasteiger charge is -1.99. The van der Waals surface area contributed by atoms with Crippen molar-refractivity contribution in [3.63, 3.8) is 0 Å². The number of hydrogen-bond acceptors (Lipinski definition) is 2. The molecule has 1 aliphatic heterocycles. The van der Waals surface area contributed by atoms with Crippen LogP contribution >= 0.6 is 0 Å². The molecule has 2 nitrogen and oxygen atoms in total. The summed E-state index contributed by atoms with van der Waals surface area (Å²) in [4.78, 5) is 10.1. The van der Waals surface area contributed by atoms with Crippen molar-refractivity contribution in [2.75, 3.05) is 0 Å². The van der Waals surface area contributed by atoms with Crippen LogP contribution in [0.2, 0.25) is 0 Å². The van der Waals surface area contributed by atoms with E-state index in [1.165, 1.54) is 51.0 Å². The molecule has 1 fully saturated rings. The summed E-state index contributed by atoms with van der Waals surface area (Å²) in [5.41, 5.74) is 0. The first-order valence-corrected chi connectivity index (χ1v) is 6.66. The van der Waals surface area contributed by atoms with Crippen LogP contribution in [0.4, 0.5) is 0 Å². The number of hydrogen-bond donors (Lipinski definition) is 0. The van der Waals surface area contributed by atoms with Crippen LogP contribution in [0.3, 0.4) is 0 Å². The summed E-state index contributed by atoms with van der Waals surface area (Å²) in [6.07, 6.45) is 15.4. The summed E-state index contributed by atoms with van der Waals surface area (Å²) in [5, 5.41) is 0. The number of carbonyl (C=O) groups excluding carboxylic acids is 1. The van der Waals surface area contributed by atoms with Crippen LogP contribution in [0.1, 0.15) is 58.3 Å². The fraction of sp³-hybridized carbons (Fsp3) is 0.786. The van der Waals surface area contributed by atoms with Crippen LogP contribution < -0.4 is 0 Å². The van der Waals surface area contributed by atoms with Crippen LogP contribution in [0, 0.1) is 0 Å². The van der Waals surface area contributed by atoms with Crippen molar-refractivity contribution in [1.82, 2.24) is 0 Å². The third-order valence-electron chi connectivity index (χ3n) is 3.09. The van der Waals surface area contributed by atoms with E-state index in [9.17, 15) is 4.79 Å². The van der Waals surface area contributed by atoms with Gasteiger partial charge in [-0.25, -0.2) is 0 Å². The number of epoxide rings is 1. The third-order valence-corrected chi connectivity index (χ3v) is 3.09. The average Bonchev–Trinajstić information content (AvgIpc) is 3.04. The van der Waals surface area contributed by atoms with Gasteiger partial charge in [-0.3, -0.25) is 4.79 Å². The zero-order valence-corrected chi connectivity index (χ0v) is 10.4. The summed E-state index contributed by atoms with van der Waals surface area (Å²) < 4.78 is 5.42. The van der Waals surface area contributed by atoms with Crippen molar-refractivity contribution in [3.8, 4) is 0 Å². The van der Waals surface area contributed by atoms with Gasteiger partial charge < -0.3 is 4.74 Å². The lowest BCUT2D eigenvalue weighted by atomic mass is 10.1. The molecule has 1 saturated heterocycles. The molecule has 0 bridgehead atoms. The average molecular weight is 224 g/mol. The Bertz CT molecular complexity index is 211. The zero-order valence-electron chi connectivity index (χ0n) is 10.4. The first-order chi connectivity index (χ1) is 7.88. The lowest BCUT2D eigenvalue weighted by molar-refractivity contribution is -0.104. The van der Waals surface area contributed by atoms with Gasteiger partial charge in [0.25, 0.3) is 0 Å². The van der Waals surface area contributed by atoms with E-state index in [0.717, 1.165) is 12.7 Å². The summed E-state index contributed by atoms with van der Waals surface area (Å²) >= 11 is 0. The van der Waals surface area contributed by atoms with E-state index in [4.69, 9.17) is 4.74 Å². The maximum Gasteiger partial charge on any atom is 0.142 e. The van der Waals surface area contributed by atoms with Crippen molar-refractivity contribution in [2.24, 2.45) is 0 Å². The van der Waals surface area contributed by atoms with Crippen molar-refractivity contribution in [1.29, 1.82) is 0 Å². The number of unbranched alkanes of at least 4 members (excludes halogenated alkanes) is 6. The van der Waals surface area contributed by atoms with Crippen LogP contribution in [0.25, 0.3) is 0 Å². The second-order valence-corrected chi connectivity index (χ2v) is 4.57. The highest BCUT2D eigenvalue weighted by molar-refractivity contribution is 5.64. The molecule has 0 amide bonds. The number of ether oxygens (including phenoxy) is 1. The van der Waals surface area contributed by atoms with Crippen molar-refractivity contribution in [2.45, 2.75) is 70.5 Å². The van der Waals surface area contributed by atoms with Crippen molar-refractivity contribution < 1.29 is 9.53 Å². The van der Waals surface area contributed by atoms with E-state index in [1.807, 2.05) is 6.08 Å². The monoisotopic (exact) mass is 224 g/mol. The van der Waals surface area contributed by atoms with Gasteiger partial charge in [-0.1, -0.05) is 57.9 Å². The van der Waals surface area contributed by atoms with Gasteiger partial charge >= 0.3 is 0 Å². The number of allylic oxidation sites excluding steroid dienone is 1. The van der Waals surface area contributed by atoms with Gasteiger partial charge in [0.1, 0.15) is 12.4 Å². The van der Waals surface area contributed by atoms with Gasteiger partial charge in [-0.05, 0) is 12.5 Å². The fourth-order valence-corrected chi connectivity index (χ4v) is 2.02. The Kier molecular flexibility index (Phi) is 7.15. The number of aldehydes is 1. The van der Waals surface area contributed by atoms with E-state index in [2.05, 4.69) is 6.92 Å². The van der Waals surface area contributed by atoms with Crippen LogP contribution in [-0.2, 0) is 9.53 Å². The number of carbonyl (C=O) groups is 1. The summed E-state index contributed by atoms with van der Waals surface area (Å²) in [6.45, 7) is 2.25. The van der Waals surface area contributed by atoms with Gasteiger partial charge in [0, 0.05) is 0 Å². The lowest BCUT2D eigenvalue weighted by Crippen LogP contribution is -1.91.